The summed E-state index contributed by atoms with van der Waals surface area (Å²) in [7, 11) is 4.52. The molecular formula is C23H25N2O2+. The molecule has 5 rings (SSSR count). The van der Waals surface area contributed by atoms with Crippen LogP contribution >= 0.6 is 0 Å². The number of rotatable bonds is 2. The summed E-state index contributed by atoms with van der Waals surface area (Å²) in [6.07, 6.45) is 6.03. The summed E-state index contributed by atoms with van der Waals surface area (Å²) < 4.78 is 6.83. The van der Waals surface area contributed by atoms with E-state index >= 15 is 0 Å². The van der Waals surface area contributed by atoms with Crippen LogP contribution in [0.25, 0.3) is 11.1 Å². The van der Waals surface area contributed by atoms with Crippen molar-refractivity contribution in [1.29, 1.82) is 0 Å². The predicted octanol–water partition coefficient (Wildman–Crippen LogP) is 4.03. The van der Waals surface area contributed by atoms with E-state index in [1.165, 1.54) is 11.1 Å². The van der Waals surface area contributed by atoms with E-state index in [0.717, 1.165) is 28.5 Å². The normalized spacial score (nSPS) is 27.1. The van der Waals surface area contributed by atoms with Crippen LogP contribution in [-0.4, -0.2) is 42.9 Å². The molecule has 27 heavy (non-hydrogen) atoms. The van der Waals surface area contributed by atoms with Crippen molar-refractivity contribution in [2.75, 3.05) is 14.1 Å². The molecule has 4 nitrogen and oxygen atoms in total. The Labute approximate surface area is 160 Å². The Hall–Kier alpha value is -2.59. The second-order valence-corrected chi connectivity index (χ2v) is 8.40. The molecule has 0 saturated carbocycles. The van der Waals surface area contributed by atoms with Crippen LogP contribution in [0, 0.1) is 0 Å². The van der Waals surface area contributed by atoms with Gasteiger partial charge in [0.15, 0.2) is 0 Å². The Morgan fingerprint density at radius 1 is 0.926 bits per heavy atom. The molecular weight excluding hydrogens is 336 g/mol. The predicted molar refractivity (Wildman–Crippen MR) is 105 cm³/mol. The fourth-order valence-electron chi connectivity index (χ4n) is 4.99. The molecule has 138 valence electrons. The number of quaternary nitrogens is 1. The number of amides is 1. The highest BCUT2D eigenvalue weighted by molar-refractivity contribution is 5.81. The van der Waals surface area contributed by atoms with Crippen LogP contribution in [0.2, 0.25) is 0 Å². The van der Waals surface area contributed by atoms with Crippen molar-refractivity contribution in [2.45, 2.75) is 37.1 Å². The fourth-order valence-corrected chi connectivity index (χ4v) is 4.99. The highest BCUT2D eigenvalue weighted by Gasteiger charge is 2.46. The molecule has 0 spiro atoms. The zero-order valence-corrected chi connectivity index (χ0v) is 15.8. The van der Waals surface area contributed by atoms with E-state index in [2.05, 4.69) is 55.8 Å². The average molecular weight is 361 g/mol. The Kier molecular flexibility index (Phi) is 3.66. The second-order valence-electron chi connectivity index (χ2n) is 8.40. The number of hydrogen-bond acceptors (Lipinski definition) is 2. The lowest BCUT2D eigenvalue weighted by Crippen LogP contribution is -2.57. The molecule has 2 aromatic carbocycles. The maximum Gasteiger partial charge on any atom is 0.408 e. The summed E-state index contributed by atoms with van der Waals surface area (Å²) in [5.74, 6) is 0. The van der Waals surface area contributed by atoms with Crippen molar-refractivity contribution < 1.29 is 14.0 Å². The van der Waals surface area contributed by atoms with Crippen LogP contribution in [0.1, 0.15) is 30.0 Å². The molecule has 1 amide bonds. The number of nitrogens with one attached hydrogen (secondary N) is 1. The van der Waals surface area contributed by atoms with Crippen LogP contribution in [0.3, 0.4) is 0 Å². The van der Waals surface area contributed by atoms with Gasteiger partial charge in [-0.05, 0) is 34.4 Å². The number of carbonyl (C=O) groups is 1. The minimum atomic E-state index is -0.317. The molecule has 3 aliphatic rings. The van der Waals surface area contributed by atoms with E-state index < -0.39 is 0 Å². The number of likely N-dealkylation sites (N-methyl/N-ethyl adjacent to an activating group) is 1. The van der Waals surface area contributed by atoms with Gasteiger partial charge in [0.2, 0.25) is 0 Å². The van der Waals surface area contributed by atoms with E-state index in [1.807, 2.05) is 24.3 Å². The fraction of sp³-hybridized carbons (Fsp3) is 0.348. The quantitative estimate of drug-likeness (QED) is 0.648. The number of fused-ring (bicyclic) bond motifs is 5. The van der Waals surface area contributed by atoms with Gasteiger partial charge < -0.3 is 14.5 Å². The molecule has 2 aliphatic heterocycles. The molecule has 2 bridgehead atoms. The van der Waals surface area contributed by atoms with Crippen molar-refractivity contribution >= 4 is 6.09 Å². The smallest absolute Gasteiger partial charge is 0.408 e. The molecule has 1 saturated heterocycles. The van der Waals surface area contributed by atoms with Gasteiger partial charge >= 0.3 is 6.09 Å². The molecule has 2 heterocycles. The SMILES string of the molecule is C[N+]1(C)C2C=CC1CC(OC(=O)NC1c3ccccc3-c3ccccc31)C2. The molecule has 0 radical (unpaired) electrons. The van der Waals surface area contributed by atoms with Gasteiger partial charge in [-0.2, -0.15) is 0 Å². The van der Waals surface area contributed by atoms with Crippen molar-refractivity contribution in [3.05, 3.63) is 71.8 Å². The molecule has 4 heteroatoms. The van der Waals surface area contributed by atoms with Gasteiger partial charge in [-0.1, -0.05) is 48.5 Å². The Morgan fingerprint density at radius 2 is 1.44 bits per heavy atom. The monoisotopic (exact) mass is 361 g/mol. The number of hydrogen-bond donors (Lipinski definition) is 1. The van der Waals surface area contributed by atoms with Crippen LogP contribution in [0.4, 0.5) is 4.79 Å². The lowest BCUT2D eigenvalue weighted by Gasteiger charge is -2.43. The number of ether oxygens (including phenoxy) is 1. The third-order valence-corrected chi connectivity index (χ3v) is 6.64. The first-order valence-corrected chi connectivity index (χ1v) is 9.71. The van der Waals surface area contributed by atoms with Crippen molar-refractivity contribution in [3.8, 4) is 11.1 Å². The Bertz CT molecular complexity index is 870. The molecule has 1 aliphatic carbocycles. The summed E-state index contributed by atoms with van der Waals surface area (Å²) in [5, 5.41) is 3.12. The van der Waals surface area contributed by atoms with Crippen molar-refractivity contribution in [3.63, 3.8) is 0 Å². The summed E-state index contributed by atoms with van der Waals surface area (Å²) in [5.41, 5.74) is 4.66. The van der Waals surface area contributed by atoms with Crippen LogP contribution in [-0.2, 0) is 4.74 Å². The van der Waals surface area contributed by atoms with Gasteiger partial charge in [0.25, 0.3) is 0 Å². The summed E-state index contributed by atoms with van der Waals surface area (Å²) in [6.45, 7) is 0. The number of piperidine rings is 1. The third-order valence-electron chi connectivity index (χ3n) is 6.64. The zero-order valence-electron chi connectivity index (χ0n) is 15.8. The van der Waals surface area contributed by atoms with Gasteiger partial charge in [-0.3, -0.25) is 0 Å². The van der Waals surface area contributed by atoms with Gasteiger partial charge in [0.1, 0.15) is 18.2 Å². The molecule has 2 atom stereocenters. The van der Waals surface area contributed by atoms with Gasteiger partial charge in [0, 0.05) is 12.8 Å². The zero-order chi connectivity index (χ0) is 18.6. The first-order valence-electron chi connectivity index (χ1n) is 9.71. The maximum atomic E-state index is 12.7. The first kappa shape index (κ1) is 16.6. The lowest BCUT2D eigenvalue weighted by molar-refractivity contribution is -0.926. The number of carbonyl (C=O) groups excluding carboxylic acids is 1. The van der Waals surface area contributed by atoms with Crippen molar-refractivity contribution in [1.82, 2.24) is 5.32 Å². The average Bonchev–Trinajstić information content (AvgIpc) is 2.99. The summed E-state index contributed by atoms with van der Waals surface area (Å²) in [6, 6.07) is 17.3. The molecule has 1 fully saturated rings. The number of nitrogens with zero attached hydrogens (tertiary/aromatic N) is 1. The highest BCUT2D eigenvalue weighted by Crippen LogP contribution is 2.43. The highest BCUT2D eigenvalue weighted by atomic mass is 16.6. The summed E-state index contributed by atoms with van der Waals surface area (Å²) in [4.78, 5) is 12.7. The minimum Gasteiger partial charge on any atom is -0.446 e. The molecule has 2 unspecified atom stereocenters. The maximum absolute atomic E-state index is 12.7. The first-order chi connectivity index (χ1) is 13.0. The lowest BCUT2D eigenvalue weighted by atomic mass is 9.97. The standard InChI is InChI=1S/C23H24N2O2/c1-25(2)15-11-12-16(25)14-17(13-15)27-23(26)24-22-20-9-5-3-7-18(20)19-8-4-6-10-21(19)22/h3-12,15-17,22H,13-14H2,1-2H3/p+1. The van der Waals surface area contributed by atoms with Crippen LogP contribution in [0.5, 0.6) is 0 Å². The van der Waals surface area contributed by atoms with Gasteiger partial charge in [0.05, 0.1) is 20.1 Å². The van der Waals surface area contributed by atoms with E-state index in [1.54, 1.807) is 0 Å². The largest absolute Gasteiger partial charge is 0.446 e. The Morgan fingerprint density at radius 3 is 2.00 bits per heavy atom. The van der Waals surface area contributed by atoms with Crippen LogP contribution in [0.15, 0.2) is 60.7 Å². The van der Waals surface area contributed by atoms with Gasteiger partial charge in [-0.25, -0.2) is 4.79 Å². The topological polar surface area (TPSA) is 38.3 Å². The van der Waals surface area contributed by atoms with E-state index in [0.29, 0.717) is 12.1 Å². The molecule has 0 aromatic heterocycles. The van der Waals surface area contributed by atoms with E-state index in [9.17, 15) is 4.79 Å². The number of alkyl carbamates (subject to hydrolysis) is 1. The van der Waals surface area contributed by atoms with E-state index in [4.69, 9.17) is 4.74 Å². The third kappa shape index (κ3) is 2.59. The molecule has 2 aromatic rings. The minimum absolute atomic E-state index is 0.0203. The number of benzene rings is 2. The van der Waals surface area contributed by atoms with E-state index in [-0.39, 0.29) is 18.2 Å². The Balaban J connectivity index is 1.32. The van der Waals surface area contributed by atoms with Crippen LogP contribution < -0.4 is 5.32 Å². The van der Waals surface area contributed by atoms with Crippen molar-refractivity contribution in [2.24, 2.45) is 0 Å². The van der Waals surface area contributed by atoms with Gasteiger partial charge in [-0.15, -0.1) is 0 Å². The second kappa shape index (κ2) is 5.96. The summed E-state index contributed by atoms with van der Waals surface area (Å²) >= 11 is 0. The molecule has 1 N–H and O–H groups in total.